The molecule has 106 valence electrons. The van der Waals surface area contributed by atoms with Gasteiger partial charge in [0, 0.05) is 16.6 Å². The molecule has 2 rings (SSSR count). The predicted molar refractivity (Wildman–Crippen MR) is 78.2 cm³/mol. The van der Waals surface area contributed by atoms with Crippen LogP contribution in [0, 0.1) is 0 Å². The first-order valence-electron chi connectivity index (χ1n) is 6.41. The molecule has 2 aromatic rings. The Morgan fingerprint density at radius 2 is 1.65 bits per heavy atom. The molecule has 0 radical (unpaired) electrons. The Hall–Kier alpha value is -1.45. The second-order valence-corrected chi connectivity index (χ2v) is 5.16. The minimum absolute atomic E-state index is 0.0239. The summed E-state index contributed by atoms with van der Waals surface area (Å²) in [5, 5.41) is 3.50. The highest BCUT2D eigenvalue weighted by atomic mass is 35.5. The number of hydrogen-bond donors (Lipinski definition) is 1. The minimum Gasteiger partial charge on any atom is -0.304 e. The average Bonchev–Trinajstić information content (AvgIpc) is 2.46. The summed E-state index contributed by atoms with van der Waals surface area (Å²) in [7, 11) is 0. The van der Waals surface area contributed by atoms with Crippen LogP contribution in [0.25, 0.3) is 0 Å². The molecule has 1 N–H and O–H groups in total. The van der Waals surface area contributed by atoms with Crippen molar-refractivity contribution >= 4 is 11.6 Å². The molecule has 1 unspecified atom stereocenters. The molecule has 0 amide bonds. The van der Waals surface area contributed by atoms with Crippen LogP contribution in [-0.4, -0.2) is 6.54 Å². The van der Waals surface area contributed by atoms with Gasteiger partial charge in [-0.25, -0.2) is 0 Å². The third-order valence-electron chi connectivity index (χ3n) is 3.20. The molecule has 0 spiro atoms. The van der Waals surface area contributed by atoms with Crippen LogP contribution in [0.1, 0.15) is 24.1 Å². The fraction of sp³-hybridized carbons (Fsp3) is 0.250. The van der Waals surface area contributed by atoms with Crippen LogP contribution in [0.2, 0.25) is 5.02 Å². The molecule has 1 atom stereocenters. The van der Waals surface area contributed by atoms with Crippen molar-refractivity contribution in [2.45, 2.75) is 18.9 Å². The van der Waals surface area contributed by atoms with Crippen LogP contribution in [0.3, 0.4) is 0 Å². The molecule has 0 bridgehead atoms. The molecule has 0 aromatic heterocycles. The molecule has 2 aromatic carbocycles. The number of rotatable bonds is 5. The summed E-state index contributed by atoms with van der Waals surface area (Å²) >= 11 is 5.81. The van der Waals surface area contributed by atoms with Crippen molar-refractivity contribution in [2.75, 3.05) is 6.54 Å². The Bertz CT molecular complexity index is 540. The largest absolute Gasteiger partial charge is 0.304 e. The molecule has 0 heterocycles. The van der Waals surface area contributed by atoms with E-state index in [1.807, 2.05) is 19.1 Å². The number of nitrogens with one attached hydrogen (secondary N) is 1. The van der Waals surface area contributed by atoms with Gasteiger partial charge in [-0.1, -0.05) is 54.1 Å². The third-order valence-corrected chi connectivity index (χ3v) is 3.45. The van der Waals surface area contributed by atoms with Gasteiger partial charge < -0.3 is 5.32 Å². The fourth-order valence-corrected chi connectivity index (χ4v) is 2.06. The molecule has 4 heteroatoms. The number of hydrogen-bond acceptors (Lipinski definition) is 1. The quantitative estimate of drug-likeness (QED) is 0.837. The molecule has 0 saturated heterocycles. The number of halogens is 3. The van der Waals surface area contributed by atoms with Crippen molar-refractivity contribution in [1.82, 2.24) is 5.32 Å². The highest BCUT2D eigenvalue weighted by Crippen LogP contribution is 2.27. The lowest BCUT2D eigenvalue weighted by atomic mass is 10.1. The molecule has 0 aliphatic heterocycles. The van der Waals surface area contributed by atoms with E-state index in [-0.39, 0.29) is 11.6 Å². The molecule has 0 fully saturated rings. The Kier molecular flexibility index (Phi) is 4.73. The Balaban J connectivity index is 1.99. The summed E-state index contributed by atoms with van der Waals surface area (Å²) in [5.41, 5.74) is 0.953. The first-order valence-corrected chi connectivity index (χ1v) is 6.79. The third kappa shape index (κ3) is 3.78. The maximum absolute atomic E-state index is 14.0. The molecular weight excluding hydrogens is 280 g/mol. The van der Waals surface area contributed by atoms with Crippen molar-refractivity contribution < 1.29 is 8.78 Å². The lowest BCUT2D eigenvalue weighted by Crippen LogP contribution is -2.32. The van der Waals surface area contributed by atoms with Gasteiger partial charge in [0.15, 0.2) is 0 Å². The summed E-state index contributed by atoms with van der Waals surface area (Å²) in [6.07, 6.45) is 0. The van der Waals surface area contributed by atoms with Crippen molar-refractivity contribution in [3.63, 3.8) is 0 Å². The Morgan fingerprint density at radius 3 is 2.25 bits per heavy atom. The monoisotopic (exact) mass is 295 g/mol. The molecule has 1 nitrogen and oxygen atoms in total. The van der Waals surface area contributed by atoms with E-state index in [1.54, 1.807) is 30.3 Å². The van der Waals surface area contributed by atoms with Crippen LogP contribution in [-0.2, 0) is 5.92 Å². The topological polar surface area (TPSA) is 12.0 Å². The van der Waals surface area contributed by atoms with Crippen LogP contribution < -0.4 is 5.32 Å². The zero-order chi connectivity index (χ0) is 14.6. The van der Waals surface area contributed by atoms with Crippen molar-refractivity contribution in [3.05, 3.63) is 70.7 Å². The van der Waals surface area contributed by atoms with Gasteiger partial charge in [-0.2, -0.15) is 8.78 Å². The van der Waals surface area contributed by atoms with Crippen LogP contribution >= 0.6 is 11.6 Å². The van der Waals surface area contributed by atoms with E-state index >= 15 is 0 Å². The summed E-state index contributed by atoms with van der Waals surface area (Å²) in [6.45, 7) is 1.45. The molecule has 0 aliphatic carbocycles. The van der Waals surface area contributed by atoms with Gasteiger partial charge in [0.25, 0.3) is 5.92 Å². The highest BCUT2D eigenvalue weighted by molar-refractivity contribution is 6.30. The zero-order valence-electron chi connectivity index (χ0n) is 11.1. The molecule has 20 heavy (non-hydrogen) atoms. The molecular formula is C16H16ClF2N. The van der Waals surface area contributed by atoms with E-state index in [2.05, 4.69) is 5.32 Å². The Morgan fingerprint density at radius 1 is 1.05 bits per heavy atom. The first kappa shape index (κ1) is 14.9. The molecule has 0 saturated carbocycles. The number of benzene rings is 2. The van der Waals surface area contributed by atoms with E-state index in [0.717, 1.165) is 5.56 Å². The van der Waals surface area contributed by atoms with E-state index in [4.69, 9.17) is 11.6 Å². The molecule has 0 aliphatic rings. The smallest absolute Gasteiger partial charge is 0.285 e. The van der Waals surface area contributed by atoms with Gasteiger partial charge in [-0.15, -0.1) is 0 Å². The highest BCUT2D eigenvalue weighted by Gasteiger charge is 2.31. The zero-order valence-corrected chi connectivity index (χ0v) is 11.9. The van der Waals surface area contributed by atoms with E-state index < -0.39 is 12.5 Å². The summed E-state index contributed by atoms with van der Waals surface area (Å²) in [5.74, 6) is -2.89. The second kappa shape index (κ2) is 6.33. The van der Waals surface area contributed by atoms with Gasteiger partial charge in [-0.05, 0) is 24.6 Å². The van der Waals surface area contributed by atoms with Crippen molar-refractivity contribution in [1.29, 1.82) is 0 Å². The number of alkyl halides is 2. The van der Waals surface area contributed by atoms with Gasteiger partial charge in [0.05, 0.1) is 6.54 Å². The van der Waals surface area contributed by atoms with E-state index in [0.29, 0.717) is 5.02 Å². The van der Waals surface area contributed by atoms with E-state index in [1.165, 1.54) is 12.1 Å². The van der Waals surface area contributed by atoms with Crippen molar-refractivity contribution in [2.24, 2.45) is 0 Å². The van der Waals surface area contributed by atoms with Gasteiger partial charge in [0.1, 0.15) is 0 Å². The normalized spacial score (nSPS) is 13.2. The van der Waals surface area contributed by atoms with Crippen LogP contribution in [0.5, 0.6) is 0 Å². The van der Waals surface area contributed by atoms with Crippen LogP contribution in [0.4, 0.5) is 8.78 Å². The lowest BCUT2D eigenvalue weighted by molar-refractivity contribution is -0.00534. The van der Waals surface area contributed by atoms with Crippen LogP contribution in [0.15, 0.2) is 54.6 Å². The van der Waals surface area contributed by atoms with Gasteiger partial charge in [-0.3, -0.25) is 0 Å². The average molecular weight is 296 g/mol. The summed E-state index contributed by atoms with van der Waals surface area (Å²) in [4.78, 5) is 0. The van der Waals surface area contributed by atoms with E-state index in [9.17, 15) is 8.78 Å². The summed E-state index contributed by atoms with van der Waals surface area (Å²) in [6, 6.07) is 14.8. The lowest BCUT2D eigenvalue weighted by Gasteiger charge is -2.21. The predicted octanol–water partition coefficient (Wildman–Crippen LogP) is 4.78. The maximum Gasteiger partial charge on any atom is 0.285 e. The summed E-state index contributed by atoms with van der Waals surface area (Å²) < 4.78 is 28.0. The SMILES string of the molecule is CC(NCC(F)(F)c1ccccc1)c1ccc(Cl)cc1. The standard InChI is InChI=1S/C16H16ClF2N/c1-12(13-7-9-15(17)10-8-13)20-11-16(18,19)14-5-3-2-4-6-14/h2-10,12,20H,11H2,1H3. The van der Waals surface area contributed by atoms with Gasteiger partial charge in [0.2, 0.25) is 0 Å². The maximum atomic E-state index is 14.0. The van der Waals surface area contributed by atoms with Crippen molar-refractivity contribution in [3.8, 4) is 0 Å². The minimum atomic E-state index is -2.89. The fourth-order valence-electron chi connectivity index (χ4n) is 1.93. The second-order valence-electron chi connectivity index (χ2n) is 4.72. The van der Waals surface area contributed by atoms with Gasteiger partial charge >= 0.3 is 0 Å². The Labute approximate surface area is 122 Å². The first-order chi connectivity index (χ1) is 9.49.